The number of carbonyl (C=O) groups is 1. The second-order valence-electron chi connectivity index (χ2n) is 14.2. The number of alkyl halides is 3. The standard InChI is InChI=1S/C33H43F4N7O4/c1-18-11-23(38)28(34)26(27(18)33(35,36)37)25-12-24-22(16-46-25)29(43-13-19-5-6-20(14-43)39-19)41-30(40-24)48-17-32-8-4-10-44(32)21(7-9-32)15-47-31(45)42(2)3/h11,19-21,25,39H,4-10,12-17,38H2,1-3H3/t19?,20?,21-,25-,32-/m1/s1. The van der Waals surface area contributed by atoms with Gasteiger partial charge in [0.2, 0.25) is 0 Å². The van der Waals surface area contributed by atoms with Crippen molar-refractivity contribution in [1.29, 1.82) is 0 Å². The van der Waals surface area contributed by atoms with E-state index in [0.717, 1.165) is 64.2 Å². The Morgan fingerprint density at radius 3 is 2.65 bits per heavy atom. The molecule has 4 fully saturated rings. The van der Waals surface area contributed by atoms with E-state index in [9.17, 15) is 18.0 Å². The fraction of sp³-hybridized carbons (Fsp3) is 0.667. The molecule has 2 unspecified atom stereocenters. The van der Waals surface area contributed by atoms with Crippen molar-refractivity contribution in [2.75, 3.05) is 57.6 Å². The molecule has 2 bridgehead atoms. The predicted molar refractivity (Wildman–Crippen MR) is 168 cm³/mol. The van der Waals surface area contributed by atoms with Gasteiger partial charge in [-0.3, -0.25) is 4.90 Å². The van der Waals surface area contributed by atoms with Gasteiger partial charge >= 0.3 is 18.3 Å². The number of benzene rings is 1. The summed E-state index contributed by atoms with van der Waals surface area (Å²) >= 11 is 0. The van der Waals surface area contributed by atoms with E-state index in [1.165, 1.54) is 11.8 Å². The molecular formula is C33H43F4N7O4. The Hall–Kier alpha value is -3.43. The number of nitrogens with two attached hydrogens (primary N) is 1. The van der Waals surface area contributed by atoms with Crippen molar-refractivity contribution in [2.45, 2.75) is 94.4 Å². The zero-order chi connectivity index (χ0) is 34.0. The molecule has 1 amide bonds. The highest BCUT2D eigenvalue weighted by atomic mass is 19.4. The quantitative estimate of drug-likeness (QED) is 0.324. The van der Waals surface area contributed by atoms with Crippen LogP contribution in [0.5, 0.6) is 6.01 Å². The Morgan fingerprint density at radius 2 is 1.94 bits per heavy atom. The van der Waals surface area contributed by atoms with Crippen molar-refractivity contribution in [3.8, 4) is 6.01 Å². The highest BCUT2D eigenvalue weighted by Crippen LogP contribution is 2.46. The third-order valence-corrected chi connectivity index (χ3v) is 10.8. The number of aryl methyl sites for hydroxylation is 1. The molecule has 0 radical (unpaired) electrons. The van der Waals surface area contributed by atoms with Gasteiger partial charge in [-0.15, -0.1) is 0 Å². The summed E-state index contributed by atoms with van der Waals surface area (Å²) in [5, 5.41) is 3.62. The Kier molecular flexibility index (Phi) is 8.60. The number of hydrogen-bond donors (Lipinski definition) is 2. The maximum absolute atomic E-state index is 15.5. The van der Waals surface area contributed by atoms with Gasteiger partial charge in [-0.1, -0.05) is 0 Å². The average molecular weight is 678 g/mol. The third kappa shape index (κ3) is 6.02. The van der Waals surface area contributed by atoms with Crippen LogP contribution in [0.3, 0.4) is 0 Å². The van der Waals surface area contributed by atoms with E-state index in [0.29, 0.717) is 42.4 Å². The maximum Gasteiger partial charge on any atom is 0.417 e. The van der Waals surface area contributed by atoms with Crippen LogP contribution < -0.4 is 20.7 Å². The highest BCUT2D eigenvalue weighted by Gasteiger charge is 2.50. The smallest absolute Gasteiger partial charge is 0.417 e. The number of anilines is 2. The summed E-state index contributed by atoms with van der Waals surface area (Å²) in [7, 11) is 3.30. The first kappa shape index (κ1) is 33.1. The molecule has 7 rings (SSSR count). The van der Waals surface area contributed by atoms with Crippen LogP contribution in [0, 0.1) is 12.7 Å². The summed E-state index contributed by atoms with van der Waals surface area (Å²) < 4.78 is 76.2. The largest absolute Gasteiger partial charge is 0.461 e. The maximum atomic E-state index is 15.5. The molecule has 5 atom stereocenters. The Labute approximate surface area is 277 Å². The summed E-state index contributed by atoms with van der Waals surface area (Å²) in [5.41, 5.74) is 4.52. The number of nitrogen functional groups attached to an aromatic ring is 1. The molecule has 15 heteroatoms. The first-order valence-corrected chi connectivity index (χ1v) is 16.7. The van der Waals surface area contributed by atoms with Crippen LogP contribution in [0.1, 0.15) is 72.6 Å². The van der Waals surface area contributed by atoms with Gasteiger partial charge in [0.1, 0.15) is 19.0 Å². The van der Waals surface area contributed by atoms with Gasteiger partial charge in [0.05, 0.1) is 35.2 Å². The van der Waals surface area contributed by atoms with E-state index in [-0.39, 0.29) is 48.0 Å². The van der Waals surface area contributed by atoms with Crippen LogP contribution in [-0.2, 0) is 28.7 Å². The van der Waals surface area contributed by atoms with Gasteiger partial charge in [-0.25, -0.2) is 9.18 Å². The number of nitrogens with one attached hydrogen (secondary N) is 1. The Morgan fingerprint density at radius 1 is 1.19 bits per heavy atom. The van der Waals surface area contributed by atoms with Crippen molar-refractivity contribution in [3.63, 3.8) is 0 Å². The molecule has 1 aromatic heterocycles. The lowest BCUT2D eigenvalue weighted by molar-refractivity contribution is -0.140. The van der Waals surface area contributed by atoms with E-state index in [2.05, 4.69) is 15.1 Å². The van der Waals surface area contributed by atoms with Crippen LogP contribution in [0.4, 0.5) is 33.9 Å². The third-order valence-electron chi connectivity index (χ3n) is 10.8. The molecule has 4 saturated heterocycles. The molecular weight excluding hydrogens is 634 g/mol. The van der Waals surface area contributed by atoms with Crippen LogP contribution in [-0.4, -0.2) is 96.5 Å². The number of rotatable bonds is 7. The molecule has 0 aliphatic carbocycles. The van der Waals surface area contributed by atoms with E-state index in [4.69, 9.17) is 29.9 Å². The van der Waals surface area contributed by atoms with Crippen molar-refractivity contribution in [1.82, 2.24) is 25.1 Å². The minimum absolute atomic E-state index is 0.0775. The molecule has 3 N–H and O–H groups in total. The SMILES string of the molecule is Cc1cc(N)c(F)c([C@H]2Cc3nc(OC[C@]45CCCN4[C@@H](COC(=O)N(C)C)CC5)nc(N4CC5CCC(C4)N5)c3CO2)c1C(F)(F)F. The van der Waals surface area contributed by atoms with Gasteiger partial charge in [0.15, 0.2) is 5.82 Å². The number of piperazine rings is 1. The summed E-state index contributed by atoms with van der Waals surface area (Å²) in [6.45, 7) is 4.10. The number of fused-ring (bicyclic) bond motifs is 4. The minimum atomic E-state index is -4.81. The van der Waals surface area contributed by atoms with E-state index in [1.54, 1.807) is 14.1 Å². The first-order valence-electron chi connectivity index (χ1n) is 16.7. The Bertz CT molecular complexity index is 1560. The molecule has 2 aromatic rings. The molecule has 0 spiro atoms. The summed E-state index contributed by atoms with van der Waals surface area (Å²) in [4.78, 5) is 27.7. The van der Waals surface area contributed by atoms with Crippen LogP contribution in [0.25, 0.3) is 0 Å². The lowest BCUT2D eigenvalue weighted by Crippen LogP contribution is -2.52. The number of ether oxygens (including phenoxy) is 3. The number of amides is 1. The number of aromatic nitrogens is 2. The molecule has 5 aliphatic rings. The molecule has 6 heterocycles. The monoisotopic (exact) mass is 677 g/mol. The zero-order valence-corrected chi connectivity index (χ0v) is 27.5. The van der Waals surface area contributed by atoms with Gasteiger partial charge in [-0.05, 0) is 63.6 Å². The van der Waals surface area contributed by atoms with Gasteiger partial charge in [-0.2, -0.15) is 23.1 Å². The number of nitrogens with zero attached hydrogens (tertiary/aromatic N) is 5. The van der Waals surface area contributed by atoms with Crippen molar-refractivity contribution in [2.24, 2.45) is 0 Å². The molecule has 1 aromatic carbocycles. The number of carbonyl (C=O) groups excluding carboxylic acids is 1. The number of hydrogen-bond acceptors (Lipinski definition) is 10. The van der Waals surface area contributed by atoms with Gasteiger partial charge in [0, 0.05) is 62.9 Å². The van der Waals surface area contributed by atoms with Crippen molar-refractivity contribution in [3.05, 3.63) is 39.8 Å². The van der Waals surface area contributed by atoms with E-state index >= 15 is 4.39 Å². The fourth-order valence-electron chi connectivity index (χ4n) is 8.52. The van der Waals surface area contributed by atoms with Gasteiger partial charge in [0.25, 0.3) is 0 Å². The van der Waals surface area contributed by atoms with Crippen LogP contribution in [0.15, 0.2) is 6.07 Å². The molecule has 262 valence electrons. The summed E-state index contributed by atoms with van der Waals surface area (Å²) in [6, 6.07) is 1.83. The summed E-state index contributed by atoms with van der Waals surface area (Å²) in [5.74, 6) is -0.480. The lowest BCUT2D eigenvalue weighted by Gasteiger charge is -2.37. The predicted octanol–water partition coefficient (Wildman–Crippen LogP) is 4.35. The fourth-order valence-corrected chi connectivity index (χ4v) is 8.52. The second-order valence-corrected chi connectivity index (χ2v) is 14.2. The summed E-state index contributed by atoms with van der Waals surface area (Å²) in [6.07, 6.45) is -0.828. The van der Waals surface area contributed by atoms with E-state index in [1.807, 2.05) is 0 Å². The molecule has 11 nitrogen and oxygen atoms in total. The van der Waals surface area contributed by atoms with Crippen LogP contribution >= 0.6 is 0 Å². The minimum Gasteiger partial charge on any atom is -0.461 e. The molecule has 0 saturated carbocycles. The van der Waals surface area contributed by atoms with E-state index < -0.39 is 29.2 Å². The number of halogens is 4. The highest BCUT2D eigenvalue weighted by molar-refractivity contribution is 5.66. The lowest BCUT2D eigenvalue weighted by atomic mass is 9.91. The van der Waals surface area contributed by atoms with Crippen molar-refractivity contribution < 1.29 is 36.6 Å². The van der Waals surface area contributed by atoms with Crippen LogP contribution in [0.2, 0.25) is 0 Å². The normalized spacial score (nSPS) is 28.4. The molecule has 5 aliphatic heterocycles. The van der Waals surface area contributed by atoms with Crippen molar-refractivity contribution >= 4 is 17.6 Å². The Balaban J connectivity index is 1.18. The zero-order valence-electron chi connectivity index (χ0n) is 27.5. The first-order chi connectivity index (χ1) is 22.8. The second kappa shape index (κ2) is 12.5. The average Bonchev–Trinajstić information content (AvgIpc) is 3.71. The topological polar surface area (TPSA) is 118 Å². The van der Waals surface area contributed by atoms with Gasteiger partial charge < -0.3 is 35.1 Å². The molecule has 48 heavy (non-hydrogen) atoms.